The number of halogens is 3. The highest BCUT2D eigenvalue weighted by Gasteiger charge is 2.59. The Balaban J connectivity index is 1.34. The predicted octanol–water partition coefficient (Wildman–Crippen LogP) is 4.02. The molecular weight excluding hydrogens is 431 g/mol. The van der Waals surface area contributed by atoms with E-state index in [1.54, 1.807) is 12.1 Å². The summed E-state index contributed by atoms with van der Waals surface area (Å²) in [6.07, 6.45) is -0.147. The molecule has 5 nitrogen and oxygen atoms in total. The standard InChI is InChI=1S/C25H34F3N3O2/c1-16(2)22-15-33-24-10-9-20(11-19(24)7-8-23(32)31(22)24)30(21-12-29-13-21)14-17-3-5-18(6-4-17)25(26,27)28/h3-6,16,19-22,29H,7-15H2,1-2H3/t19-,20+,22-,24-/m1/s1. The Bertz CT molecular complexity index is 871. The van der Waals surface area contributed by atoms with Crippen molar-refractivity contribution in [2.75, 3.05) is 19.7 Å². The van der Waals surface area contributed by atoms with Crippen LogP contribution < -0.4 is 5.32 Å². The molecule has 0 bridgehead atoms. The second-order valence-corrected chi connectivity index (χ2v) is 10.6. The molecule has 1 N–H and O–H groups in total. The van der Waals surface area contributed by atoms with E-state index < -0.39 is 17.5 Å². The van der Waals surface area contributed by atoms with Gasteiger partial charge in [-0.2, -0.15) is 13.2 Å². The van der Waals surface area contributed by atoms with Crippen molar-refractivity contribution in [3.8, 4) is 0 Å². The topological polar surface area (TPSA) is 44.8 Å². The fraction of sp³-hybridized carbons (Fsp3) is 0.720. The number of nitrogens with one attached hydrogen (secondary N) is 1. The predicted molar refractivity (Wildman–Crippen MR) is 118 cm³/mol. The van der Waals surface area contributed by atoms with Gasteiger partial charge in [-0.1, -0.05) is 26.0 Å². The zero-order chi connectivity index (χ0) is 23.4. The molecule has 3 aliphatic heterocycles. The lowest BCUT2D eigenvalue weighted by molar-refractivity contribution is -0.193. The molecule has 1 spiro atoms. The van der Waals surface area contributed by atoms with Gasteiger partial charge in [-0.05, 0) is 49.3 Å². The van der Waals surface area contributed by atoms with Gasteiger partial charge in [-0.25, -0.2) is 0 Å². The molecule has 3 saturated heterocycles. The number of alkyl halides is 3. The molecule has 1 aliphatic carbocycles. The maximum Gasteiger partial charge on any atom is 0.416 e. The van der Waals surface area contributed by atoms with E-state index in [9.17, 15) is 18.0 Å². The van der Waals surface area contributed by atoms with Gasteiger partial charge < -0.3 is 15.0 Å². The fourth-order valence-electron chi connectivity index (χ4n) is 6.39. The minimum Gasteiger partial charge on any atom is -0.353 e. The fourth-order valence-corrected chi connectivity index (χ4v) is 6.39. The summed E-state index contributed by atoms with van der Waals surface area (Å²) < 4.78 is 45.4. The van der Waals surface area contributed by atoms with E-state index in [-0.39, 0.29) is 11.9 Å². The van der Waals surface area contributed by atoms with Crippen LogP contribution in [-0.2, 0) is 22.3 Å². The molecule has 1 amide bonds. The lowest BCUT2D eigenvalue weighted by atomic mass is 9.72. The molecule has 1 saturated carbocycles. The highest BCUT2D eigenvalue weighted by Crippen LogP contribution is 2.51. The van der Waals surface area contributed by atoms with Gasteiger partial charge in [0, 0.05) is 44.1 Å². The van der Waals surface area contributed by atoms with Crippen LogP contribution in [0.5, 0.6) is 0 Å². The molecule has 0 radical (unpaired) electrons. The third kappa shape index (κ3) is 4.08. The molecule has 4 fully saturated rings. The molecule has 182 valence electrons. The second-order valence-electron chi connectivity index (χ2n) is 10.6. The molecule has 3 heterocycles. The first-order chi connectivity index (χ1) is 15.7. The van der Waals surface area contributed by atoms with E-state index in [0.29, 0.717) is 43.5 Å². The van der Waals surface area contributed by atoms with E-state index >= 15 is 0 Å². The molecule has 5 rings (SSSR count). The molecule has 4 aliphatic rings. The van der Waals surface area contributed by atoms with Gasteiger partial charge in [0.05, 0.1) is 18.2 Å². The quantitative estimate of drug-likeness (QED) is 0.714. The largest absolute Gasteiger partial charge is 0.416 e. The highest BCUT2D eigenvalue weighted by atomic mass is 19.4. The Kier molecular flexibility index (Phi) is 5.98. The number of hydrogen-bond donors (Lipinski definition) is 1. The molecule has 8 heteroatoms. The van der Waals surface area contributed by atoms with Crippen molar-refractivity contribution in [3.63, 3.8) is 0 Å². The van der Waals surface area contributed by atoms with E-state index in [4.69, 9.17) is 4.74 Å². The van der Waals surface area contributed by atoms with E-state index in [0.717, 1.165) is 44.3 Å². The lowest BCUT2D eigenvalue weighted by Gasteiger charge is -2.55. The smallest absolute Gasteiger partial charge is 0.353 e. The number of amides is 1. The zero-order valence-corrected chi connectivity index (χ0v) is 19.4. The Morgan fingerprint density at radius 2 is 1.91 bits per heavy atom. The number of rotatable bonds is 5. The number of piperidine rings is 1. The second kappa shape index (κ2) is 8.54. The van der Waals surface area contributed by atoms with Gasteiger partial charge in [0.1, 0.15) is 5.72 Å². The minimum absolute atomic E-state index is 0.149. The minimum atomic E-state index is -4.31. The number of hydrogen-bond acceptors (Lipinski definition) is 4. The molecular formula is C25H34F3N3O2. The van der Waals surface area contributed by atoms with Gasteiger partial charge in [0.25, 0.3) is 0 Å². The van der Waals surface area contributed by atoms with Gasteiger partial charge in [0.2, 0.25) is 5.91 Å². The molecule has 0 unspecified atom stereocenters. The monoisotopic (exact) mass is 465 g/mol. The summed E-state index contributed by atoms with van der Waals surface area (Å²) >= 11 is 0. The summed E-state index contributed by atoms with van der Waals surface area (Å²) in [6, 6.07) is 6.47. The average molecular weight is 466 g/mol. The third-order valence-electron chi connectivity index (χ3n) is 8.36. The Morgan fingerprint density at radius 1 is 1.18 bits per heavy atom. The van der Waals surface area contributed by atoms with Crippen LogP contribution >= 0.6 is 0 Å². The van der Waals surface area contributed by atoms with Crippen LogP contribution in [0.4, 0.5) is 13.2 Å². The normalized spacial score (nSPS) is 32.8. The molecule has 33 heavy (non-hydrogen) atoms. The van der Waals surface area contributed by atoms with Crippen molar-refractivity contribution >= 4 is 5.91 Å². The maximum absolute atomic E-state index is 13.0. The molecule has 1 aromatic rings. The van der Waals surface area contributed by atoms with Crippen molar-refractivity contribution in [1.29, 1.82) is 0 Å². The highest BCUT2D eigenvalue weighted by molar-refractivity contribution is 5.78. The summed E-state index contributed by atoms with van der Waals surface area (Å²) in [6.45, 7) is 7.39. The van der Waals surface area contributed by atoms with E-state index in [2.05, 4.69) is 29.0 Å². The number of carbonyl (C=O) groups excluding carboxylic acids is 1. The number of nitrogens with zero attached hydrogens (tertiary/aromatic N) is 2. The summed E-state index contributed by atoms with van der Waals surface area (Å²) in [4.78, 5) is 17.5. The first kappa shape index (κ1) is 23.1. The summed E-state index contributed by atoms with van der Waals surface area (Å²) in [5, 5.41) is 3.34. The van der Waals surface area contributed by atoms with Gasteiger partial charge >= 0.3 is 6.18 Å². The van der Waals surface area contributed by atoms with Crippen molar-refractivity contribution in [1.82, 2.24) is 15.1 Å². The van der Waals surface area contributed by atoms with Gasteiger partial charge in [0.15, 0.2) is 0 Å². The zero-order valence-electron chi connectivity index (χ0n) is 19.4. The number of benzene rings is 1. The lowest BCUT2D eigenvalue weighted by Crippen LogP contribution is -2.65. The third-order valence-corrected chi connectivity index (χ3v) is 8.36. The molecule has 1 aromatic carbocycles. The van der Waals surface area contributed by atoms with Crippen LogP contribution in [0.15, 0.2) is 24.3 Å². The first-order valence-electron chi connectivity index (χ1n) is 12.3. The number of ether oxygens (including phenoxy) is 1. The summed E-state index contributed by atoms with van der Waals surface area (Å²) in [5.41, 5.74) is -0.154. The average Bonchev–Trinajstić information content (AvgIpc) is 3.12. The van der Waals surface area contributed by atoms with Crippen molar-refractivity contribution < 1.29 is 22.7 Å². The summed E-state index contributed by atoms with van der Waals surface area (Å²) in [7, 11) is 0. The van der Waals surface area contributed by atoms with Crippen molar-refractivity contribution in [2.45, 2.75) is 82.5 Å². The molecule has 0 aromatic heterocycles. The van der Waals surface area contributed by atoms with Crippen LogP contribution in [0.2, 0.25) is 0 Å². The van der Waals surface area contributed by atoms with Crippen LogP contribution in [0.3, 0.4) is 0 Å². The van der Waals surface area contributed by atoms with Crippen LogP contribution in [0, 0.1) is 11.8 Å². The number of carbonyl (C=O) groups is 1. The Morgan fingerprint density at radius 3 is 2.52 bits per heavy atom. The van der Waals surface area contributed by atoms with Crippen molar-refractivity contribution in [2.24, 2.45) is 11.8 Å². The van der Waals surface area contributed by atoms with Crippen LogP contribution in [-0.4, -0.2) is 59.3 Å². The van der Waals surface area contributed by atoms with Crippen LogP contribution in [0.1, 0.15) is 57.1 Å². The Hall–Kier alpha value is -1.64. The van der Waals surface area contributed by atoms with Crippen molar-refractivity contribution in [3.05, 3.63) is 35.4 Å². The first-order valence-corrected chi connectivity index (χ1v) is 12.3. The summed E-state index contributed by atoms with van der Waals surface area (Å²) in [5.74, 6) is 0.897. The SMILES string of the molecule is CC(C)[C@H]1CO[C@]23CC[C@H](N(Cc4ccc(C(F)(F)F)cc4)C4CNC4)C[C@H]2CCC(=O)N13. The maximum atomic E-state index is 13.0. The van der Waals surface area contributed by atoms with Gasteiger partial charge in [-0.3, -0.25) is 9.69 Å². The van der Waals surface area contributed by atoms with E-state index in [1.807, 2.05) is 0 Å². The Labute approximate surface area is 193 Å². The molecule has 4 atom stereocenters. The van der Waals surface area contributed by atoms with Crippen LogP contribution in [0.25, 0.3) is 0 Å². The van der Waals surface area contributed by atoms with Gasteiger partial charge in [-0.15, -0.1) is 0 Å². The van der Waals surface area contributed by atoms with E-state index in [1.165, 1.54) is 12.1 Å².